The number of aryl methyl sites for hydroxylation is 1. The van der Waals surface area contributed by atoms with Gasteiger partial charge in [-0.2, -0.15) is 0 Å². The molecule has 8 nitrogen and oxygen atoms in total. The van der Waals surface area contributed by atoms with E-state index in [-0.39, 0.29) is 5.75 Å². The molecular formula is C20H18N4O4S2. The molecule has 2 amide bonds. The Hall–Kier alpha value is -2.98. The zero-order valence-corrected chi connectivity index (χ0v) is 17.5. The highest BCUT2D eigenvalue weighted by Crippen LogP contribution is 2.38. The van der Waals surface area contributed by atoms with Gasteiger partial charge in [0.15, 0.2) is 6.61 Å². The lowest BCUT2D eigenvalue weighted by atomic mass is 10.1. The summed E-state index contributed by atoms with van der Waals surface area (Å²) in [5.74, 6) is -1.62. The second-order valence-corrected chi connectivity index (χ2v) is 8.72. The smallest absolute Gasteiger partial charge is 0.316 e. The van der Waals surface area contributed by atoms with Gasteiger partial charge in [-0.15, -0.1) is 11.3 Å². The van der Waals surface area contributed by atoms with Crippen molar-refractivity contribution in [3.63, 3.8) is 0 Å². The number of carbonyl (C=O) groups excluding carboxylic acids is 3. The fraction of sp³-hybridized carbons (Fsp3) is 0.250. The summed E-state index contributed by atoms with van der Waals surface area (Å²) in [7, 11) is 0. The Kier molecular flexibility index (Phi) is 5.96. The van der Waals surface area contributed by atoms with E-state index in [2.05, 4.69) is 15.3 Å². The third-order valence-electron chi connectivity index (χ3n) is 4.55. The average molecular weight is 443 g/mol. The minimum atomic E-state index is -0.561. The minimum Gasteiger partial charge on any atom is -0.455 e. The molecule has 0 bridgehead atoms. The topological polar surface area (TPSA) is 124 Å². The van der Waals surface area contributed by atoms with E-state index in [1.807, 2.05) is 24.3 Å². The summed E-state index contributed by atoms with van der Waals surface area (Å²) < 4.78 is 5.03. The van der Waals surface area contributed by atoms with Gasteiger partial charge in [-0.25, -0.2) is 4.98 Å². The predicted octanol–water partition coefficient (Wildman–Crippen LogP) is 2.55. The fourth-order valence-corrected chi connectivity index (χ4v) is 5.20. The van der Waals surface area contributed by atoms with E-state index >= 15 is 0 Å². The van der Waals surface area contributed by atoms with Gasteiger partial charge in [-0.05, 0) is 37.0 Å². The Bertz CT molecular complexity index is 1150. The minimum absolute atomic E-state index is 0.000133. The molecule has 2 heterocycles. The number of hydrogen-bond acceptors (Lipinski definition) is 8. The lowest BCUT2D eigenvalue weighted by Gasteiger charge is -2.07. The number of hydrogen-bond donors (Lipinski definition) is 2. The first kappa shape index (κ1) is 20.3. The molecule has 3 aromatic rings. The van der Waals surface area contributed by atoms with Crippen molar-refractivity contribution in [2.24, 2.45) is 5.73 Å². The number of thiophene rings is 1. The number of rotatable bonds is 7. The number of nitrogens with one attached hydrogen (secondary N) is 1. The second kappa shape index (κ2) is 8.80. The number of fused-ring (bicyclic) bond motifs is 2. The monoisotopic (exact) mass is 442 g/mol. The number of thioether (sulfide) groups is 1. The van der Waals surface area contributed by atoms with Crippen LogP contribution in [-0.2, 0) is 27.2 Å². The van der Waals surface area contributed by atoms with Crippen LogP contribution in [0.4, 0.5) is 5.00 Å². The van der Waals surface area contributed by atoms with Crippen LogP contribution in [0.5, 0.6) is 0 Å². The Morgan fingerprint density at radius 2 is 2.00 bits per heavy atom. The lowest BCUT2D eigenvalue weighted by molar-refractivity contribution is -0.144. The summed E-state index contributed by atoms with van der Waals surface area (Å²) in [5, 5.41) is 3.66. The number of anilines is 1. The maximum Gasteiger partial charge on any atom is 0.316 e. The summed E-state index contributed by atoms with van der Waals surface area (Å²) in [4.78, 5) is 45.7. The second-order valence-electron chi connectivity index (χ2n) is 6.62. The summed E-state index contributed by atoms with van der Waals surface area (Å²) in [6.45, 7) is -0.441. The molecule has 1 aliphatic rings. The van der Waals surface area contributed by atoms with Crippen LogP contribution in [0.1, 0.15) is 27.2 Å². The normalized spacial score (nSPS) is 12.5. The molecular weight excluding hydrogens is 424 g/mol. The predicted molar refractivity (Wildman–Crippen MR) is 115 cm³/mol. The van der Waals surface area contributed by atoms with Crippen molar-refractivity contribution < 1.29 is 19.1 Å². The fourth-order valence-electron chi connectivity index (χ4n) is 3.25. The van der Waals surface area contributed by atoms with Crippen LogP contribution >= 0.6 is 23.1 Å². The number of amides is 2. The largest absolute Gasteiger partial charge is 0.455 e. The standard InChI is InChI=1S/C20H18N4O4S2/c21-19(27)18-11-4-3-7-14(11)30-20(18)24-15(25)9-28-17(26)10-29-16-8-22-12-5-1-2-6-13(12)23-16/h1-2,5-6,8H,3-4,7,9-10H2,(H2,21,27)(H,24,25). The molecule has 4 rings (SSSR count). The van der Waals surface area contributed by atoms with Gasteiger partial charge in [-0.3, -0.25) is 19.4 Å². The number of nitrogens with zero attached hydrogens (tertiary/aromatic N) is 2. The van der Waals surface area contributed by atoms with Crippen molar-refractivity contribution in [1.29, 1.82) is 0 Å². The van der Waals surface area contributed by atoms with Crippen LogP contribution in [0, 0.1) is 0 Å². The molecule has 10 heteroatoms. The Morgan fingerprint density at radius 1 is 1.20 bits per heavy atom. The molecule has 0 unspecified atom stereocenters. The first-order chi connectivity index (χ1) is 14.5. The van der Waals surface area contributed by atoms with Crippen LogP contribution in [0.25, 0.3) is 11.0 Å². The SMILES string of the molecule is NC(=O)c1c(NC(=O)COC(=O)CSc2cnc3ccccc3n2)sc2c1CCC2. The van der Waals surface area contributed by atoms with Gasteiger partial charge in [-0.1, -0.05) is 23.9 Å². The van der Waals surface area contributed by atoms with E-state index in [1.54, 1.807) is 6.20 Å². The molecule has 1 aliphatic carbocycles. The molecule has 3 N–H and O–H groups in total. The van der Waals surface area contributed by atoms with E-state index < -0.39 is 24.4 Å². The highest BCUT2D eigenvalue weighted by Gasteiger charge is 2.26. The highest BCUT2D eigenvalue weighted by atomic mass is 32.2. The maximum absolute atomic E-state index is 12.2. The Morgan fingerprint density at radius 3 is 2.80 bits per heavy atom. The van der Waals surface area contributed by atoms with E-state index in [0.717, 1.165) is 40.7 Å². The van der Waals surface area contributed by atoms with Crippen molar-refractivity contribution in [1.82, 2.24) is 9.97 Å². The lowest BCUT2D eigenvalue weighted by Crippen LogP contribution is -2.23. The molecule has 30 heavy (non-hydrogen) atoms. The molecule has 2 aromatic heterocycles. The number of para-hydroxylation sites is 2. The van der Waals surface area contributed by atoms with Crippen LogP contribution in [0.3, 0.4) is 0 Å². The maximum atomic E-state index is 12.2. The number of benzene rings is 1. The van der Waals surface area contributed by atoms with E-state index in [0.29, 0.717) is 15.6 Å². The summed E-state index contributed by atoms with van der Waals surface area (Å²) in [6, 6.07) is 7.44. The summed E-state index contributed by atoms with van der Waals surface area (Å²) >= 11 is 2.54. The van der Waals surface area contributed by atoms with Gasteiger partial charge < -0.3 is 15.8 Å². The number of primary amides is 1. The number of carbonyl (C=O) groups is 3. The third kappa shape index (κ3) is 4.44. The Balaban J connectivity index is 1.29. The third-order valence-corrected chi connectivity index (χ3v) is 6.63. The quantitative estimate of drug-likeness (QED) is 0.426. The average Bonchev–Trinajstić information content (AvgIpc) is 3.31. The zero-order valence-electron chi connectivity index (χ0n) is 15.8. The van der Waals surface area contributed by atoms with Crippen molar-refractivity contribution >= 4 is 56.9 Å². The molecule has 0 saturated carbocycles. The molecule has 0 fully saturated rings. The number of ether oxygens (including phenoxy) is 1. The first-order valence-electron chi connectivity index (χ1n) is 9.25. The molecule has 0 aliphatic heterocycles. The molecule has 0 spiro atoms. The first-order valence-corrected chi connectivity index (χ1v) is 11.1. The van der Waals surface area contributed by atoms with E-state index in [1.165, 1.54) is 23.1 Å². The molecule has 154 valence electrons. The number of esters is 1. The molecule has 0 saturated heterocycles. The van der Waals surface area contributed by atoms with Gasteiger partial charge in [0.05, 0.1) is 28.5 Å². The Labute approximate surface area is 180 Å². The van der Waals surface area contributed by atoms with Crippen molar-refractivity contribution in [3.8, 4) is 0 Å². The van der Waals surface area contributed by atoms with E-state index in [4.69, 9.17) is 10.5 Å². The molecule has 0 atom stereocenters. The summed E-state index contributed by atoms with van der Waals surface area (Å²) in [5.41, 5.74) is 8.29. The van der Waals surface area contributed by atoms with Crippen LogP contribution in [0.15, 0.2) is 35.5 Å². The van der Waals surface area contributed by atoms with Gasteiger partial charge >= 0.3 is 5.97 Å². The van der Waals surface area contributed by atoms with Crippen LogP contribution in [-0.4, -0.2) is 40.1 Å². The van der Waals surface area contributed by atoms with E-state index in [9.17, 15) is 14.4 Å². The van der Waals surface area contributed by atoms with Gasteiger partial charge in [0.25, 0.3) is 11.8 Å². The number of nitrogens with two attached hydrogens (primary N) is 1. The van der Waals surface area contributed by atoms with Crippen molar-refractivity contribution in [2.75, 3.05) is 17.7 Å². The highest BCUT2D eigenvalue weighted by molar-refractivity contribution is 7.99. The van der Waals surface area contributed by atoms with Crippen LogP contribution < -0.4 is 11.1 Å². The van der Waals surface area contributed by atoms with Crippen molar-refractivity contribution in [2.45, 2.75) is 24.3 Å². The summed E-state index contributed by atoms with van der Waals surface area (Å²) in [6.07, 6.45) is 4.23. The number of aromatic nitrogens is 2. The molecule has 1 aromatic carbocycles. The van der Waals surface area contributed by atoms with Crippen molar-refractivity contribution in [3.05, 3.63) is 46.5 Å². The molecule has 0 radical (unpaired) electrons. The van der Waals surface area contributed by atoms with Gasteiger partial charge in [0, 0.05) is 4.88 Å². The van der Waals surface area contributed by atoms with Gasteiger partial charge in [0.1, 0.15) is 10.0 Å². The van der Waals surface area contributed by atoms with Crippen LogP contribution in [0.2, 0.25) is 0 Å². The zero-order chi connectivity index (χ0) is 21.1. The van der Waals surface area contributed by atoms with Gasteiger partial charge in [0.2, 0.25) is 0 Å².